The number of piperidine rings is 1. The van der Waals surface area contributed by atoms with Crippen molar-refractivity contribution in [3.8, 4) is 11.4 Å². The lowest BCUT2D eigenvalue weighted by molar-refractivity contribution is -0.120. The van der Waals surface area contributed by atoms with Gasteiger partial charge in [0.25, 0.3) is 0 Å². The fourth-order valence-electron chi connectivity index (χ4n) is 4.41. The Balaban J connectivity index is 1.24. The lowest BCUT2D eigenvalue weighted by atomic mass is 9.97. The second kappa shape index (κ2) is 9.85. The molecule has 0 unspecified atom stereocenters. The number of rotatable bonds is 6. The topological polar surface area (TPSA) is 95.2 Å². The van der Waals surface area contributed by atoms with Crippen LogP contribution >= 0.6 is 11.8 Å². The second-order valence-electron chi connectivity index (χ2n) is 8.50. The van der Waals surface area contributed by atoms with Gasteiger partial charge in [-0.2, -0.15) is 4.31 Å². The summed E-state index contributed by atoms with van der Waals surface area (Å²) in [5.41, 5.74) is 3.42. The largest absolute Gasteiger partial charge is 0.338 e. The van der Waals surface area contributed by atoms with E-state index in [1.807, 2.05) is 66.9 Å². The maximum Gasteiger partial charge on any atom is 0.244 e. The molecule has 2 heterocycles. The number of carbonyl (C=O) groups excluding carboxylic acids is 1. The molecule has 0 aliphatic carbocycles. The number of para-hydroxylation sites is 2. The molecule has 7 nitrogen and oxygen atoms in total. The third-order valence-electron chi connectivity index (χ3n) is 6.30. The van der Waals surface area contributed by atoms with E-state index in [4.69, 9.17) is 0 Å². The summed E-state index contributed by atoms with van der Waals surface area (Å²) in [5.74, 6) is 0.409. The first-order valence-electron chi connectivity index (χ1n) is 11.4. The summed E-state index contributed by atoms with van der Waals surface area (Å²) in [6, 6.07) is 22.5. The number of thioether (sulfide) groups is 1. The van der Waals surface area contributed by atoms with Gasteiger partial charge >= 0.3 is 0 Å². The van der Waals surface area contributed by atoms with Crippen LogP contribution in [0.25, 0.3) is 22.4 Å². The molecule has 1 aliphatic rings. The quantitative estimate of drug-likeness (QED) is 0.359. The van der Waals surface area contributed by atoms with Gasteiger partial charge in [-0.05, 0) is 55.5 Å². The van der Waals surface area contributed by atoms with Gasteiger partial charge in [0.2, 0.25) is 15.9 Å². The summed E-state index contributed by atoms with van der Waals surface area (Å²) < 4.78 is 27.8. The van der Waals surface area contributed by atoms with E-state index in [2.05, 4.69) is 15.3 Å². The average Bonchev–Trinajstić information content (AvgIpc) is 3.33. The number of amides is 1. The molecule has 1 aliphatic heterocycles. The Kier molecular flexibility index (Phi) is 6.64. The van der Waals surface area contributed by atoms with Crippen LogP contribution in [0.2, 0.25) is 0 Å². The fourth-order valence-corrected chi connectivity index (χ4v) is 7.00. The van der Waals surface area contributed by atoms with Gasteiger partial charge in [-0.25, -0.2) is 13.4 Å². The van der Waals surface area contributed by atoms with E-state index >= 15 is 0 Å². The molecule has 35 heavy (non-hydrogen) atoms. The molecule has 180 valence electrons. The van der Waals surface area contributed by atoms with E-state index in [-0.39, 0.29) is 11.8 Å². The second-order valence-corrected chi connectivity index (χ2v) is 11.3. The normalized spacial score (nSPS) is 15.3. The summed E-state index contributed by atoms with van der Waals surface area (Å²) >= 11 is 1.42. The van der Waals surface area contributed by atoms with Gasteiger partial charge in [0, 0.05) is 35.2 Å². The molecule has 9 heteroatoms. The number of benzene rings is 3. The zero-order valence-corrected chi connectivity index (χ0v) is 20.9. The van der Waals surface area contributed by atoms with Crippen LogP contribution in [0, 0.1) is 5.92 Å². The maximum absolute atomic E-state index is 13.2. The molecule has 3 aromatic carbocycles. The van der Waals surface area contributed by atoms with Crippen LogP contribution < -0.4 is 5.32 Å². The van der Waals surface area contributed by atoms with Crippen molar-refractivity contribution in [2.24, 2.45) is 5.92 Å². The first-order valence-corrected chi connectivity index (χ1v) is 14.1. The van der Waals surface area contributed by atoms with Gasteiger partial charge in [-0.15, -0.1) is 11.8 Å². The molecule has 1 amide bonds. The van der Waals surface area contributed by atoms with Crippen LogP contribution in [0.4, 0.5) is 5.69 Å². The van der Waals surface area contributed by atoms with E-state index in [0.29, 0.717) is 36.5 Å². The van der Waals surface area contributed by atoms with E-state index in [0.717, 1.165) is 27.3 Å². The Hall–Kier alpha value is -3.14. The number of nitrogens with one attached hydrogen (secondary N) is 2. The van der Waals surface area contributed by atoms with Gasteiger partial charge in [0.1, 0.15) is 5.82 Å². The molecule has 2 N–H and O–H groups in total. The summed E-state index contributed by atoms with van der Waals surface area (Å²) in [6.07, 6.45) is 2.83. The van der Waals surface area contributed by atoms with Gasteiger partial charge in [0.05, 0.1) is 15.9 Å². The molecule has 0 bridgehead atoms. The van der Waals surface area contributed by atoms with Crippen LogP contribution in [-0.4, -0.2) is 47.9 Å². The van der Waals surface area contributed by atoms with Crippen LogP contribution in [0.3, 0.4) is 0 Å². The van der Waals surface area contributed by atoms with Crippen LogP contribution in [0.1, 0.15) is 12.8 Å². The van der Waals surface area contributed by atoms with Crippen molar-refractivity contribution in [3.63, 3.8) is 0 Å². The van der Waals surface area contributed by atoms with Crippen molar-refractivity contribution >= 4 is 44.4 Å². The highest BCUT2D eigenvalue weighted by Gasteiger charge is 2.33. The van der Waals surface area contributed by atoms with Crippen molar-refractivity contribution in [3.05, 3.63) is 72.8 Å². The summed E-state index contributed by atoms with van der Waals surface area (Å²) in [6.45, 7) is 0.643. The Labute approximate surface area is 209 Å². The zero-order chi connectivity index (χ0) is 24.4. The molecule has 4 aromatic rings. The number of sulfonamides is 1. The molecule has 1 fully saturated rings. The lowest BCUT2D eigenvalue weighted by Gasteiger charge is -2.31. The predicted molar refractivity (Wildman–Crippen MR) is 140 cm³/mol. The Morgan fingerprint density at radius 1 is 1.03 bits per heavy atom. The molecule has 0 spiro atoms. The van der Waals surface area contributed by atoms with Crippen molar-refractivity contribution in [1.29, 1.82) is 0 Å². The van der Waals surface area contributed by atoms with Crippen LogP contribution in [0.5, 0.6) is 0 Å². The van der Waals surface area contributed by atoms with Crippen molar-refractivity contribution in [1.82, 2.24) is 14.3 Å². The first-order chi connectivity index (χ1) is 17.0. The SMILES string of the molecule is CSc1ccccc1S(=O)(=O)N1CCC(C(=O)Nc2cccc(-c3nc4ccccc4[nH]3)c2)CC1. The van der Waals surface area contributed by atoms with E-state index in [1.54, 1.807) is 12.1 Å². The highest BCUT2D eigenvalue weighted by Crippen LogP contribution is 2.30. The molecule has 0 saturated carbocycles. The van der Waals surface area contributed by atoms with E-state index in [9.17, 15) is 13.2 Å². The standard InChI is InChI=1S/C26H26N4O3S2/c1-34-23-11-4-5-12-24(23)35(32,33)30-15-13-18(14-16-30)26(31)27-20-8-6-7-19(17-20)25-28-21-9-2-3-10-22(21)29-25/h2-12,17-18H,13-16H2,1H3,(H,27,31)(H,28,29). The number of hydrogen-bond acceptors (Lipinski definition) is 5. The highest BCUT2D eigenvalue weighted by molar-refractivity contribution is 7.99. The third-order valence-corrected chi connectivity index (χ3v) is 9.19. The minimum Gasteiger partial charge on any atom is -0.338 e. The molecule has 5 rings (SSSR count). The van der Waals surface area contributed by atoms with Crippen LogP contribution in [0.15, 0.2) is 82.6 Å². The predicted octanol–water partition coefficient (Wildman–Crippen LogP) is 4.99. The number of anilines is 1. The third kappa shape index (κ3) is 4.84. The lowest BCUT2D eigenvalue weighted by Crippen LogP contribution is -2.41. The molecular formula is C26H26N4O3S2. The molecular weight excluding hydrogens is 480 g/mol. The van der Waals surface area contributed by atoms with E-state index in [1.165, 1.54) is 16.1 Å². The van der Waals surface area contributed by atoms with Crippen molar-refractivity contribution in [2.45, 2.75) is 22.6 Å². The monoisotopic (exact) mass is 506 g/mol. The number of fused-ring (bicyclic) bond motifs is 1. The fraction of sp³-hybridized carbons (Fsp3) is 0.231. The summed E-state index contributed by atoms with van der Waals surface area (Å²) in [4.78, 5) is 22.0. The Bertz CT molecular complexity index is 1440. The van der Waals surface area contributed by atoms with E-state index < -0.39 is 10.0 Å². The smallest absolute Gasteiger partial charge is 0.244 e. The number of carbonyl (C=O) groups is 1. The molecule has 1 aromatic heterocycles. The van der Waals surface area contributed by atoms with Crippen molar-refractivity contribution in [2.75, 3.05) is 24.7 Å². The first kappa shape index (κ1) is 23.6. The number of aromatic nitrogens is 2. The molecule has 1 saturated heterocycles. The van der Waals surface area contributed by atoms with Gasteiger partial charge in [-0.3, -0.25) is 4.79 Å². The van der Waals surface area contributed by atoms with Gasteiger partial charge < -0.3 is 10.3 Å². The van der Waals surface area contributed by atoms with Gasteiger partial charge in [-0.1, -0.05) is 36.4 Å². The molecule has 0 atom stereocenters. The minimum atomic E-state index is -3.59. The molecule has 0 radical (unpaired) electrons. The number of H-pyrrole nitrogens is 1. The van der Waals surface area contributed by atoms with Crippen molar-refractivity contribution < 1.29 is 13.2 Å². The Morgan fingerprint density at radius 3 is 2.54 bits per heavy atom. The average molecular weight is 507 g/mol. The summed E-state index contributed by atoms with van der Waals surface area (Å²) in [5, 5.41) is 3.01. The summed E-state index contributed by atoms with van der Waals surface area (Å²) in [7, 11) is -3.59. The highest BCUT2D eigenvalue weighted by atomic mass is 32.2. The number of nitrogens with zero attached hydrogens (tertiary/aromatic N) is 2. The maximum atomic E-state index is 13.2. The van der Waals surface area contributed by atoms with Gasteiger partial charge in [0.15, 0.2) is 0 Å². The zero-order valence-electron chi connectivity index (χ0n) is 19.3. The Morgan fingerprint density at radius 2 is 1.77 bits per heavy atom. The number of hydrogen-bond donors (Lipinski definition) is 2. The number of aromatic amines is 1. The minimum absolute atomic E-state index is 0.0895. The van der Waals surface area contributed by atoms with Crippen LogP contribution in [-0.2, 0) is 14.8 Å². The number of imidazole rings is 1.